The first-order chi connectivity index (χ1) is 18.6. The number of aromatic nitrogens is 1. The molecule has 0 aliphatic heterocycles. The van der Waals surface area contributed by atoms with Crippen LogP contribution in [-0.4, -0.2) is 41.4 Å². The van der Waals surface area contributed by atoms with Crippen LogP contribution in [0.4, 0.5) is 10.5 Å². The van der Waals surface area contributed by atoms with Gasteiger partial charge in [0.15, 0.2) is 0 Å². The zero-order valence-electron chi connectivity index (χ0n) is 22.1. The van der Waals surface area contributed by atoms with Gasteiger partial charge < -0.3 is 20.1 Å². The number of hydrogen-bond acceptors (Lipinski definition) is 7. The number of rotatable bonds is 10. The lowest BCUT2D eigenvalue weighted by atomic mass is 10.1. The lowest BCUT2D eigenvalue weighted by molar-refractivity contribution is -0.145. The third-order valence-corrected chi connectivity index (χ3v) is 5.30. The van der Waals surface area contributed by atoms with Crippen molar-refractivity contribution in [2.45, 2.75) is 45.8 Å². The Hall–Kier alpha value is -4.05. The summed E-state index contributed by atoms with van der Waals surface area (Å²) < 4.78 is 11.0. The Morgan fingerprint density at radius 1 is 1.00 bits per heavy atom. The molecule has 0 spiro atoms. The highest BCUT2D eigenvalue weighted by molar-refractivity contribution is 9.10. The van der Waals surface area contributed by atoms with Crippen LogP contribution in [0.15, 0.2) is 77.4 Å². The Kier molecular flexibility index (Phi) is 12.8. The van der Waals surface area contributed by atoms with Crippen LogP contribution in [-0.2, 0) is 25.7 Å². The second-order valence-corrected chi connectivity index (χ2v) is 10.1. The van der Waals surface area contributed by atoms with Gasteiger partial charge in [0.05, 0.1) is 5.69 Å². The molecule has 2 N–H and O–H groups in total. The molecule has 1 aromatic heterocycles. The predicted molar refractivity (Wildman–Crippen MR) is 151 cm³/mol. The number of ether oxygens (including phenoxy) is 2. The van der Waals surface area contributed by atoms with E-state index in [4.69, 9.17) is 9.47 Å². The highest BCUT2D eigenvalue weighted by Crippen LogP contribution is 2.23. The van der Waals surface area contributed by atoms with Crippen molar-refractivity contribution in [2.24, 2.45) is 0 Å². The summed E-state index contributed by atoms with van der Waals surface area (Å²) in [5.41, 5.74) is 1.64. The second kappa shape index (κ2) is 16.0. The SMILES string of the molecule is CC(C)(C)OC(=O)NCCCC(=O)OCc1ccccc1.O=CNc1ccc(Br)cc1C(=O)c1ccccn1. The Bertz CT molecular complexity index is 1230. The summed E-state index contributed by atoms with van der Waals surface area (Å²) in [4.78, 5) is 49.7. The van der Waals surface area contributed by atoms with Crippen molar-refractivity contribution >= 4 is 45.9 Å². The molecule has 9 nitrogen and oxygen atoms in total. The summed E-state index contributed by atoms with van der Waals surface area (Å²) in [7, 11) is 0. The molecule has 0 saturated heterocycles. The van der Waals surface area contributed by atoms with Gasteiger partial charge in [-0.15, -0.1) is 0 Å². The number of esters is 1. The van der Waals surface area contributed by atoms with E-state index >= 15 is 0 Å². The molecule has 0 unspecified atom stereocenters. The molecule has 0 radical (unpaired) electrons. The normalized spacial score (nSPS) is 10.4. The van der Waals surface area contributed by atoms with E-state index in [-0.39, 0.29) is 24.8 Å². The monoisotopic (exact) mass is 597 g/mol. The number of halogens is 1. The first kappa shape index (κ1) is 31.2. The van der Waals surface area contributed by atoms with Gasteiger partial charge in [0.25, 0.3) is 0 Å². The van der Waals surface area contributed by atoms with Crippen LogP contribution in [0.3, 0.4) is 0 Å². The number of hydrogen-bond donors (Lipinski definition) is 2. The maximum Gasteiger partial charge on any atom is 0.407 e. The Morgan fingerprint density at radius 2 is 1.72 bits per heavy atom. The Morgan fingerprint density at radius 3 is 2.36 bits per heavy atom. The average Bonchev–Trinajstić information content (AvgIpc) is 2.91. The fourth-order valence-electron chi connectivity index (χ4n) is 3.08. The molecule has 0 aliphatic rings. The van der Waals surface area contributed by atoms with E-state index in [0.717, 1.165) is 10.0 Å². The summed E-state index contributed by atoms with van der Waals surface area (Å²) in [6.07, 6.45) is 2.41. The van der Waals surface area contributed by atoms with Crippen molar-refractivity contribution in [1.29, 1.82) is 0 Å². The molecule has 0 aliphatic carbocycles. The quantitative estimate of drug-likeness (QED) is 0.133. The van der Waals surface area contributed by atoms with Gasteiger partial charge in [-0.05, 0) is 63.1 Å². The van der Waals surface area contributed by atoms with Gasteiger partial charge >= 0.3 is 12.1 Å². The van der Waals surface area contributed by atoms with Crippen LogP contribution in [0.2, 0.25) is 0 Å². The van der Waals surface area contributed by atoms with Crippen molar-refractivity contribution in [3.8, 4) is 0 Å². The smallest absolute Gasteiger partial charge is 0.407 e. The minimum Gasteiger partial charge on any atom is -0.461 e. The van der Waals surface area contributed by atoms with E-state index in [9.17, 15) is 19.2 Å². The highest BCUT2D eigenvalue weighted by atomic mass is 79.9. The molecule has 2 aromatic carbocycles. The molecule has 0 atom stereocenters. The molecule has 10 heteroatoms. The lowest BCUT2D eigenvalue weighted by Gasteiger charge is -2.19. The zero-order chi connectivity index (χ0) is 28.7. The minimum absolute atomic E-state index is 0.235. The molecule has 2 amide bonds. The number of carbonyl (C=O) groups is 4. The minimum atomic E-state index is -0.515. The van der Waals surface area contributed by atoms with E-state index in [0.29, 0.717) is 36.3 Å². The van der Waals surface area contributed by atoms with Crippen LogP contribution in [0.5, 0.6) is 0 Å². The van der Waals surface area contributed by atoms with E-state index in [1.807, 2.05) is 30.3 Å². The van der Waals surface area contributed by atoms with Gasteiger partial charge in [-0.2, -0.15) is 0 Å². The third-order valence-electron chi connectivity index (χ3n) is 4.81. The van der Waals surface area contributed by atoms with Crippen molar-refractivity contribution in [3.05, 3.63) is 94.2 Å². The number of pyridine rings is 1. The van der Waals surface area contributed by atoms with E-state index in [1.54, 1.807) is 63.4 Å². The van der Waals surface area contributed by atoms with Gasteiger partial charge in [0, 0.05) is 29.2 Å². The van der Waals surface area contributed by atoms with Crippen LogP contribution in [0.1, 0.15) is 55.2 Å². The molecule has 0 fully saturated rings. The highest BCUT2D eigenvalue weighted by Gasteiger charge is 2.16. The second-order valence-electron chi connectivity index (χ2n) is 9.17. The molecule has 3 aromatic rings. The Balaban J connectivity index is 0.000000276. The molecule has 0 bridgehead atoms. The Labute approximate surface area is 236 Å². The molecular formula is C29H32BrN3O6. The largest absolute Gasteiger partial charge is 0.461 e. The van der Waals surface area contributed by atoms with E-state index in [2.05, 4.69) is 31.5 Å². The number of nitrogens with zero attached hydrogens (tertiary/aromatic N) is 1. The van der Waals surface area contributed by atoms with E-state index < -0.39 is 11.7 Å². The number of amides is 2. The van der Waals surface area contributed by atoms with Gasteiger partial charge in [-0.3, -0.25) is 19.4 Å². The van der Waals surface area contributed by atoms with Crippen LogP contribution >= 0.6 is 15.9 Å². The lowest BCUT2D eigenvalue weighted by Crippen LogP contribution is -2.33. The maximum atomic E-state index is 12.3. The van der Waals surface area contributed by atoms with Gasteiger partial charge in [-0.1, -0.05) is 52.3 Å². The number of anilines is 1. The fraction of sp³-hybridized carbons (Fsp3) is 0.276. The van der Waals surface area contributed by atoms with Gasteiger partial charge in [0.1, 0.15) is 17.9 Å². The predicted octanol–water partition coefficient (Wildman–Crippen LogP) is 5.68. The van der Waals surface area contributed by atoms with Crippen molar-refractivity contribution < 1.29 is 28.7 Å². The molecule has 3 rings (SSSR count). The first-order valence-corrected chi connectivity index (χ1v) is 13.0. The van der Waals surface area contributed by atoms with Crippen molar-refractivity contribution in [1.82, 2.24) is 10.3 Å². The summed E-state index contributed by atoms with van der Waals surface area (Å²) in [5, 5.41) is 5.10. The van der Waals surface area contributed by atoms with Crippen molar-refractivity contribution in [3.63, 3.8) is 0 Å². The zero-order valence-corrected chi connectivity index (χ0v) is 23.7. The molecular weight excluding hydrogens is 566 g/mol. The summed E-state index contributed by atoms with van der Waals surface area (Å²) in [5.74, 6) is -0.508. The van der Waals surface area contributed by atoms with Gasteiger partial charge in [0.2, 0.25) is 12.2 Å². The molecule has 0 saturated carbocycles. The number of carbonyl (C=O) groups excluding carboxylic acids is 4. The third kappa shape index (κ3) is 12.4. The summed E-state index contributed by atoms with van der Waals surface area (Å²) in [6, 6.07) is 19.7. The number of ketones is 1. The van der Waals surface area contributed by atoms with Crippen LogP contribution in [0.25, 0.3) is 0 Å². The summed E-state index contributed by atoms with van der Waals surface area (Å²) in [6.45, 7) is 6.06. The first-order valence-electron chi connectivity index (χ1n) is 12.2. The summed E-state index contributed by atoms with van der Waals surface area (Å²) >= 11 is 3.30. The fourth-order valence-corrected chi connectivity index (χ4v) is 3.44. The van der Waals surface area contributed by atoms with E-state index in [1.165, 1.54) is 0 Å². The number of nitrogens with one attached hydrogen (secondary N) is 2. The number of benzene rings is 2. The van der Waals surface area contributed by atoms with Gasteiger partial charge in [-0.25, -0.2) is 4.79 Å². The topological polar surface area (TPSA) is 124 Å². The molecule has 1 heterocycles. The van der Waals surface area contributed by atoms with Crippen molar-refractivity contribution in [2.75, 3.05) is 11.9 Å². The standard InChI is InChI=1S/C16H23NO4.C13H9BrN2O2/c1-16(2,3)21-15(19)17-11-7-10-14(18)20-12-13-8-5-4-6-9-13;14-9-4-5-11(16-8-17)10(7-9)13(18)12-3-1-2-6-15-12/h4-6,8-9H,7,10-12H2,1-3H3,(H,17,19);1-8H,(H,16,17). The van der Waals surface area contributed by atoms with Crippen LogP contribution in [0, 0.1) is 0 Å². The maximum absolute atomic E-state index is 12.3. The molecule has 206 valence electrons. The number of alkyl carbamates (subject to hydrolysis) is 1. The van der Waals surface area contributed by atoms with Crippen LogP contribution < -0.4 is 10.6 Å². The average molecular weight is 598 g/mol. The molecule has 39 heavy (non-hydrogen) atoms.